The van der Waals surface area contributed by atoms with Gasteiger partial charge in [0, 0.05) is 18.3 Å². The maximum atomic E-state index is 13.1. The average molecular weight is 407 g/mol. The molecule has 2 fully saturated rings. The standard InChI is InChI=1S/C25H30N2O3/c1-29-22-15-20-21(16-23(22)30-19-9-5-6-10-19)26-24(28)25(20)11-13-27(14-12-25)17-18-7-3-2-4-8-18/h2-4,7-8,15-16,19H,5-6,9-14,17H2,1H3,(H,26,28). The molecule has 2 heterocycles. The molecule has 158 valence electrons. The van der Waals surface area contributed by atoms with Gasteiger partial charge in [-0.2, -0.15) is 0 Å². The molecule has 1 saturated carbocycles. The number of rotatable bonds is 5. The van der Waals surface area contributed by atoms with Crippen LogP contribution in [0.1, 0.15) is 49.7 Å². The van der Waals surface area contributed by atoms with Crippen molar-refractivity contribution in [2.24, 2.45) is 0 Å². The first kappa shape index (κ1) is 19.4. The van der Waals surface area contributed by atoms with Crippen molar-refractivity contribution in [2.75, 3.05) is 25.5 Å². The summed E-state index contributed by atoms with van der Waals surface area (Å²) in [5.41, 5.74) is 2.83. The minimum atomic E-state index is -0.457. The molecule has 5 heteroatoms. The van der Waals surface area contributed by atoms with Crippen molar-refractivity contribution >= 4 is 11.6 Å². The summed E-state index contributed by atoms with van der Waals surface area (Å²) >= 11 is 0. The Kier molecular flexibility index (Phi) is 5.15. The van der Waals surface area contributed by atoms with Gasteiger partial charge in [0.05, 0.1) is 18.6 Å². The Hall–Kier alpha value is -2.53. The lowest BCUT2D eigenvalue weighted by Gasteiger charge is -2.38. The fourth-order valence-corrected chi connectivity index (χ4v) is 5.29. The van der Waals surface area contributed by atoms with Crippen LogP contribution in [0, 0.1) is 0 Å². The number of likely N-dealkylation sites (tertiary alicyclic amines) is 1. The summed E-state index contributed by atoms with van der Waals surface area (Å²) in [7, 11) is 1.68. The third-order valence-corrected chi connectivity index (χ3v) is 7.06. The number of anilines is 1. The number of nitrogens with one attached hydrogen (secondary N) is 1. The molecule has 1 spiro atoms. The number of carbonyl (C=O) groups excluding carboxylic acids is 1. The molecular weight excluding hydrogens is 376 g/mol. The second-order valence-corrected chi connectivity index (χ2v) is 8.87. The van der Waals surface area contributed by atoms with Gasteiger partial charge in [0.2, 0.25) is 5.91 Å². The van der Waals surface area contributed by atoms with Crippen molar-refractivity contribution in [3.63, 3.8) is 0 Å². The van der Waals surface area contributed by atoms with Crippen LogP contribution < -0.4 is 14.8 Å². The van der Waals surface area contributed by atoms with E-state index in [0.29, 0.717) is 0 Å². The zero-order chi connectivity index (χ0) is 20.6. The number of benzene rings is 2. The van der Waals surface area contributed by atoms with Gasteiger partial charge >= 0.3 is 0 Å². The fourth-order valence-electron chi connectivity index (χ4n) is 5.29. The Morgan fingerprint density at radius 2 is 1.80 bits per heavy atom. The van der Waals surface area contributed by atoms with Gasteiger partial charge in [-0.1, -0.05) is 30.3 Å². The van der Waals surface area contributed by atoms with Crippen LogP contribution in [0.2, 0.25) is 0 Å². The number of fused-ring (bicyclic) bond motifs is 2. The Bertz CT molecular complexity index is 913. The van der Waals surface area contributed by atoms with E-state index in [1.165, 1.54) is 18.4 Å². The Morgan fingerprint density at radius 3 is 2.50 bits per heavy atom. The smallest absolute Gasteiger partial charge is 0.235 e. The van der Waals surface area contributed by atoms with Crippen molar-refractivity contribution in [1.29, 1.82) is 0 Å². The third kappa shape index (κ3) is 3.45. The van der Waals surface area contributed by atoms with Crippen LogP contribution in [0.15, 0.2) is 42.5 Å². The summed E-state index contributed by atoms with van der Waals surface area (Å²) in [5.74, 6) is 1.61. The first-order chi connectivity index (χ1) is 14.7. The van der Waals surface area contributed by atoms with Crippen molar-refractivity contribution in [1.82, 2.24) is 4.90 Å². The highest BCUT2D eigenvalue weighted by Crippen LogP contribution is 2.49. The molecule has 0 atom stereocenters. The maximum Gasteiger partial charge on any atom is 0.235 e. The summed E-state index contributed by atoms with van der Waals surface area (Å²) in [6.07, 6.45) is 6.52. The number of piperidine rings is 1. The number of hydrogen-bond donors (Lipinski definition) is 1. The highest BCUT2D eigenvalue weighted by atomic mass is 16.5. The molecule has 2 aliphatic heterocycles. The summed E-state index contributed by atoms with van der Waals surface area (Å²) in [6, 6.07) is 14.6. The Morgan fingerprint density at radius 1 is 1.07 bits per heavy atom. The van der Waals surface area contributed by atoms with Gasteiger partial charge < -0.3 is 14.8 Å². The van der Waals surface area contributed by atoms with Crippen molar-refractivity contribution in [3.05, 3.63) is 53.6 Å². The first-order valence-electron chi connectivity index (χ1n) is 11.1. The molecule has 0 aromatic heterocycles. The van der Waals surface area contributed by atoms with E-state index in [-0.39, 0.29) is 12.0 Å². The maximum absolute atomic E-state index is 13.1. The van der Waals surface area contributed by atoms with Crippen LogP contribution >= 0.6 is 0 Å². The molecule has 30 heavy (non-hydrogen) atoms. The molecule has 2 aromatic carbocycles. The quantitative estimate of drug-likeness (QED) is 0.794. The Labute approximate surface area is 178 Å². The first-order valence-corrected chi connectivity index (χ1v) is 11.1. The number of nitrogens with zero attached hydrogens (tertiary/aromatic N) is 1. The van der Waals surface area contributed by atoms with E-state index in [4.69, 9.17) is 9.47 Å². The molecule has 1 N–H and O–H groups in total. The van der Waals surface area contributed by atoms with Gasteiger partial charge in [-0.3, -0.25) is 9.69 Å². The topological polar surface area (TPSA) is 50.8 Å². The van der Waals surface area contributed by atoms with Crippen LogP contribution in [0.5, 0.6) is 11.5 Å². The predicted molar refractivity (Wildman–Crippen MR) is 117 cm³/mol. The van der Waals surface area contributed by atoms with E-state index in [1.54, 1.807) is 7.11 Å². The monoisotopic (exact) mass is 406 g/mol. The number of methoxy groups -OCH3 is 1. The van der Waals surface area contributed by atoms with Crippen LogP contribution in [0.4, 0.5) is 5.69 Å². The minimum Gasteiger partial charge on any atom is -0.493 e. The summed E-state index contributed by atoms with van der Waals surface area (Å²) in [6.45, 7) is 2.75. The number of hydrogen-bond acceptors (Lipinski definition) is 4. The Balaban J connectivity index is 1.36. The molecule has 1 aliphatic carbocycles. The highest BCUT2D eigenvalue weighted by Gasteiger charge is 2.49. The van der Waals surface area contributed by atoms with Gasteiger partial charge in [-0.15, -0.1) is 0 Å². The summed E-state index contributed by atoms with van der Waals surface area (Å²) in [4.78, 5) is 15.6. The number of amides is 1. The van der Waals surface area contributed by atoms with Gasteiger partial charge in [0.25, 0.3) is 0 Å². The van der Waals surface area contributed by atoms with E-state index >= 15 is 0 Å². The molecule has 2 aromatic rings. The van der Waals surface area contributed by atoms with E-state index in [1.807, 2.05) is 18.2 Å². The second kappa shape index (κ2) is 7.95. The lowest BCUT2D eigenvalue weighted by molar-refractivity contribution is -0.122. The summed E-state index contributed by atoms with van der Waals surface area (Å²) < 4.78 is 11.9. The van der Waals surface area contributed by atoms with E-state index in [0.717, 1.165) is 68.1 Å². The van der Waals surface area contributed by atoms with E-state index in [2.05, 4.69) is 34.5 Å². The number of carbonyl (C=O) groups is 1. The van der Waals surface area contributed by atoms with Crippen LogP contribution in [0.25, 0.3) is 0 Å². The molecular formula is C25H30N2O3. The zero-order valence-electron chi connectivity index (χ0n) is 17.7. The van der Waals surface area contributed by atoms with E-state index in [9.17, 15) is 4.79 Å². The molecule has 0 unspecified atom stereocenters. The van der Waals surface area contributed by atoms with Crippen LogP contribution in [-0.4, -0.2) is 37.1 Å². The second-order valence-electron chi connectivity index (χ2n) is 8.87. The molecule has 0 bridgehead atoms. The third-order valence-electron chi connectivity index (χ3n) is 7.06. The SMILES string of the molecule is COc1cc2c(cc1OC1CCCC1)NC(=O)C21CCN(Cc2ccccc2)CC1. The average Bonchev–Trinajstić information content (AvgIpc) is 3.37. The zero-order valence-corrected chi connectivity index (χ0v) is 17.7. The van der Waals surface area contributed by atoms with Crippen LogP contribution in [0.3, 0.4) is 0 Å². The number of ether oxygens (including phenoxy) is 2. The van der Waals surface area contributed by atoms with Crippen LogP contribution in [-0.2, 0) is 16.8 Å². The highest BCUT2D eigenvalue weighted by molar-refractivity contribution is 6.06. The van der Waals surface area contributed by atoms with Crippen molar-refractivity contribution < 1.29 is 14.3 Å². The van der Waals surface area contributed by atoms with Gasteiger partial charge in [0.15, 0.2) is 11.5 Å². The molecule has 1 saturated heterocycles. The van der Waals surface area contributed by atoms with Crippen molar-refractivity contribution in [2.45, 2.75) is 56.6 Å². The van der Waals surface area contributed by atoms with Gasteiger partial charge in [-0.25, -0.2) is 0 Å². The molecule has 0 radical (unpaired) electrons. The predicted octanol–water partition coefficient (Wildman–Crippen LogP) is 4.50. The van der Waals surface area contributed by atoms with E-state index < -0.39 is 5.41 Å². The largest absolute Gasteiger partial charge is 0.493 e. The van der Waals surface area contributed by atoms with Gasteiger partial charge in [-0.05, 0) is 68.8 Å². The van der Waals surface area contributed by atoms with Gasteiger partial charge in [0.1, 0.15) is 0 Å². The minimum absolute atomic E-state index is 0.122. The van der Waals surface area contributed by atoms with Crippen molar-refractivity contribution in [3.8, 4) is 11.5 Å². The normalized spacial score (nSPS) is 20.9. The lowest BCUT2D eigenvalue weighted by atomic mass is 9.73. The lowest BCUT2D eigenvalue weighted by Crippen LogP contribution is -2.46. The molecule has 5 nitrogen and oxygen atoms in total. The fraction of sp³-hybridized carbons (Fsp3) is 0.480. The molecule has 3 aliphatic rings. The summed E-state index contributed by atoms with van der Waals surface area (Å²) in [5, 5.41) is 3.15. The molecule has 1 amide bonds. The molecule has 5 rings (SSSR count).